The summed E-state index contributed by atoms with van der Waals surface area (Å²) in [6, 6.07) is 10.8. The molecule has 0 bridgehead atoms. The van der Waals surface area contributed by atoms with Crippen molar-refractivity contribution in [3.63, 3.8) is 0 Å². The highest BCUT2D eigenvalue weighted by Crippen LogP contribution is 2.33. The van der Waals surface area contributed by atoms with Crippen molar-refractivity contribution in [3.8, 4) is 11.3 Å². The summed E-state index contributed by atoms with van der Waals surface area (Å²) in [5.74, 6) is -0.0110. The third-order valence-corrected chi connectivity index (χ3v) is 5.66. The normalized spacial score (nSPS) is 11.1. The number of anilines is 1. The van der Waals surface area contributed by atoms with E-state index in [0.29, 0.717) is 20.6 Å². The summed E-state index contributed by atoms with van der Waals surface area (Å²) in [6.07, 6.45) is 0. The fraction of sp³-hybridized carbons (Fsp3) is 0.105. The average molecular weight is 417 g/mol. The lowest BCUT2D eigenvalue weighted by Gasteiger charge is -2.05. The maximum Gasteiger partial charge on any atom is 0.258 e. The van der Waals surface area contributed by atoms with E-state index < -0.39 is 0 Å². The zero-order valence-corrected chi connectivity index (χ0v) is 16.8. The van der Waals surface area contributed by atoms with Gasteiger partial charge in [0.05, 0.1) is 10.7 Å². The molecular weight excluding hydrogens is 403 g/mol. The Hall–Kier alpha value is -2.41. The highest BCUT2D eigenvalue weighted by atomic mass is 35.5. The molecule has 0 spiro atoms. The van der Waals surface area contributed by atoms with E-state index in [1.807, 2.05) is 31.4 Å². The quantitative estimate of drug-likeness (QED) is 0.470. The molecule has 0 atom stereocenters. The summed E-state index contributed by atoms with van der Waals surface area (Å²) < 4.78 is 1.65. The third-order valence-electron chi connectivity index (χ3n) is 4.28. The fourth-order valence-corrected chi connectivity index (χ4v) is 3.88. The van der Waals surface area contributed by atoms with E-state index in [4.69, 9.17) is 23.2 Å². The van der Waals surface area contributed by atoms with Crippen molar-refractivity contribution in [1.82, 2.24) is 14.6 Å². The van der Waals surface area contributed by atoms with Crippen LogP contribution in [0.4, 0.5) is 5.95 Å². The average Bonchev–Trinajstić information content (AvgIpc) is 3.19. The molecule has 2 heterocycles. The molecule has 27 heavy (non-hydrogen) atoms. The van der Waals surface area contributed by atoms with Crippen molar-refractivity contribution < 1.29 is 4.79 Å². The van der Waals surface area contributed by atoms with Gasteiger partial charge in [-0.3, -0.25) is 10.1 Å². The van der Waals surface area contributed by atoms with Crippen molar-refractivity contribution in [1.29, 1.82) is 0 Å². The van der Waals surface area contributed by atoms with Gasteiger partial charge in [0.1, 0.15) is 0 Å². The van der Waals surface area contributed by atoms with E-state index in [-0.39, 0.29) is 11.9 Å². The van der Waals surface area contributed by atoms with Gasteiger partial charge in [0.2, 0.25) is 4.96 Å². The standard InChI is InChI=1S/C19H14Cl2N4OS/c1-10-3-4-12(7-11(10)2)17(26)22-18-23-19-25(24-18)16(9-27-19)14-8-13(20)5-6-15(14)21/h3-9H,1-2H3,(H,22,24,26). The molecule has 5 nitrogen and oxygen atoms in total. The first-order valence-corrected chi connectivity index (χ1v) is 9.74. The molecule has 4 rings (SSSR count). The van der Waals surface area contributed by atoms with E-state index >= 15 is 0 Å². The van der Waals surface area contributed by atoms with Gasteiger partial charge in [-0.2, -0.15) is 4.98 Å². The monoisotopic (exact) mass is 416 g/mol. The second-order valence-electron chi connectivity index (χ2n) is 6.13. The summed E-state index contributed by atoms with van der Waals surface area (Å²) in [6.45, 7) is 3.97. The van der Waals surface area contributed by atoms with Crippen LogP contribution >= 0.6 is 34.5 Å². The summed E-state index contributed by atoms with van der Waals surface area (Å²) in [5.41, 5.74) is 4.28. The second kappa shape index (κ2) is 6.96. The minimum absolute atomic E-state index is 0.240. The van der Waals surface area contributed by atoms with Crippen LogP contribution in [0.25, 0.3) is 16.2 Å². The number of carbonyl (C=O) groups is 1. The van der Waals surface area contributed by atoms with Crippen LogP contribution < -0.4 is 5.32 Å². The topological polar surface area (TPSA) is 59.3 Å². The predicted molar refractivity (Wildman–Crippen MR) is 110 cm³/mol. The first kappa shape index (κ1) is 18.0. The Labute approximate surface area is 169 Å². The van der Waals surface area contributed by atoms with Crippen LogP contribution in [0, 0.1) is 13.8 Å². The van der Waals surface area contributed by atoms with E-state index in [9.17, 15) is 4.79 Å². The van der Waals surface area contributed by atoms with Gasteiger partial charge in [0.15, 0.2) is 0 Å². The van der Waals surface area contributed by atoms with Gasteiger partial charge in [-0.1, -0.05) is 29.3 Å². The summed E-state index contributed by atoms with van der Waals surface area (Å²) in [5, 5.41) is 10.2. The Morgan fingerprint density at radius 3 is 2.70 bits per heavy atom. The predicted octanol–water partition coefficient (Wildman–Crippen LogP) is 5.63. The Morgan fingerprint density at radius 1 is 1.11 bits per heavy atom. The second-order valence-corrected chi connectivity index (χ2v) is 7.81. The number of halogens is 2. The van der Waals surface area contributed by atoms with Crippen LogP contribution in [0.1, 0.15) is 21.5 Å². The molecule has 2 aromatic heterocycles. The maximum absolute atomic E-state index is 12.5. The smallest absolute Gasteiger partial charge is 0.258 e. The molecule has 1 N–H and O–H groups in total. The molecule has 0 aliphatic rings. The first-order chi connectivity index (χ1) is 12.9. The highest BCUT2D eigenvalue weighted by molar-refractivity contribution is 7.15. The number of hydrogen-bond donors (Lipinski definition) is 1. The van der Waals surface area contributed by atoms with Gasteiger partial charge in [-0.05, 0) is 55.3 Å². The van der Waals surface area contributed by atoms with Crippen molar-refractivity contribution in [2.75, 3.05) is 5.32 Å². The number of fused-ring (bicyclic) bond motifs is 1. The lowest BCUT2D eigenvalue weighted by molar-refractivity contribution is 0.102. The van der Waals surface area contributed by atoms with E-state index in [2.05, 4.69) is 15.4 Å². The van der Waals surface area contributed by atoms with E-state index in [1.54, 1.807) is 28.8 Å². The minimum atomic E-state index is -0.251. The number of benzene rings is 2. The zero-order valence-electron chi connectivity index (χ0n) is 14.5. The lowest BCUT2D eigenvalue weighted by Crippen LogP contribution is -2.13. The highest BCUT2D eigenvalue weighted by Gasteiger charge is 2.16. The van der Waals surface area contributed by atoms with Crippen molar-refractivity contribution >= 4 is 51.4 Å². The number of aromatic nitrogens is 3. The Kier molecular flexibility index (Phi) is 4.63. The summed E-state index contributed by atoms with van der Waals surface area (Å²) in [7, 11) is 0. The van der Waals surface area contributed by atoms with Crippen molar-refractivity contribution in [3.05, 3.63) is 68.5 Å². The number of aryl methyl sites for hydroxylation is 2. The molecule has 8 heteroatoms. The first-order valence-electron chi connectivity index (χ1n) is 8.10. The number of thiazole rings is 1. The summed E-state index contributed by atoms with van der Waals surface area (Å²) >= 11 is 13.8. The van der Waals surface area contributed by atoms with Crippen molar-refractivity contribution in [2.45, 2.75) is 13.8 Å². The Morgan fingerprint density at radius 2 is 1.93 bits per heavy atom. The van der Waals surface area contributed by atoms with Gasteiger partial charge in [0, 0.05) is 21.5 Å². The summed E-state index contributed by atoms with van der Waals surface area (Å²) in [4.78, 5) is 17.5. The van der Waals surface area contributed by atoms with Crippen LogP contribution in [0.15, 0.2) is 41.8 Å². The number of carbonyl (C=O) groups excluding carboxylic acids is 1. The van der Waals surface area contributed by atoms with Gasteiger partial charge in [-0.25, -0.2) is 4.52 Å². The maximum atomic E-state index is 12.5. The van der Waals surface area contributed by atoms with Crippen LogP contribution in [-0.2, 0) is 0 Å². The lowest BCUT2D eigenvalue weighted by atomic mass is 10.1. The number of hydrogen-bond acceptors (Lipinski definition) is 4. The van der Waals surface area contributed by atoms with Gasteiger partial charge in [-0.15, -0.1) is 16.4 Å². The van der Waals surface area contributed by atoms with Gasteiger partial charge < -0.3 is 0 Å². The van der Waals surface area contributed by atoms with E-state index in [1.165, 1.54) is 11.3 Å². The molecule has 0 aliphatic carbocycles. The molecule has 0 aliphatic heterocycles. The molecule has 0 saturated carbocycles. The molecular formula is C19H14Cl2N4OS. The van der Waals surface area contributed by atoms with E-state index in [0.717, 1.165) is 22.4 Å². The Bertz CT molecular complexity index is 1180. The van der Waals surface area contributed by atoms with Gasteiger partial charge >= 0.3 is 0 Å². The zero-order chi connectivity index (χ0) is 19.1. The third kappa shape index (κ3) is 3.43. The molecule has 0 saturated heterocycles. The largest absolute Gasteiger partial charge is 0.289 e. The number of nitrogens with one attached hydrogen (secondary N) is 1. The Balaban J connectivity index is 1.66. The molecule has 1 amide bonds. The molecule has 2 aromatic carbocycles. The fourth-order valence-electron chi connectivity index (χ4n) is 2.67. The molecule has 4 aromatic rings. The van der Waals surface area contributed by atoms with Crippen LogP contribution in [0.2, 0.25) is 10.0 Å². The minimum Gasteiger partial charge on any atom is -0.289 e. The molecule has 0 fully saturated rings. The molecule has 136 valence electrons. The van der Waals surface area contributed by atoms with Gasteiger partial charge in [0.25, 0.3) is 11.9 Å². The number of amides is 1. The number of nitrogens with zero attached hydrogens (tertiary/aromatic N) is 3. The molecule has 0 unspecified atom stereocenters. The molecule has 0 radical (unpaired) electrons. The van der Waals surface area contributed by atoms with Crippen LogP contribution in [-0.4, -0.2) is 20.5 Å². The SMILES string of the molecule is Cc1ccc(C(=O)Nc2nc3scc(-c4cc(Cl)ccc4Cl)n3n2)cc1C. The van der Waals surface area contributed by atoms with Crippen LogP contribution in [0.3, 0.4) is 0 Å². The van der Waals surface area contributed by atoms with Crippen LogP contribution in [0.5, 0.6) is 0 Å². The van der Waals surface area contributed by atoms with Crippen molar-refractivity contribution in [2.24, 2.45) is 0 Å². The number of rotatable bonds is 3.